The Morgan fingerprint density at radius 3 is 2.72 bits per heavy atom. The molecule has 2 aromatic rings. The van der Waals surface area contributed by atoms with Crippen molar-refractivity contribution in [3.8, 4) is 11.5 Å². The van der Waals surface area contributed by atoms with Crippen molar-refractivity contribution in [2.24, 2.45) is 0 Å². The molecule has 132 valence electrons. The molecule has 1 aliphatic rings. The second kappa shape index (κ2) is 6.96. The van der Waals surface area contributed by atoms with Crippen LogP contribution < -0.4 is 14.8 Å². The molecule has 0 unspecified atom stereocenters. The molecule has 0 spiro atoms. The fourth-order valence-electron chi connectivity index (χ4n) is 3.00. The van der Waals surface area contributed by atoms with Gasteiger partial charge in [-0.05, 0) is 56.7 Å². The summed E-state index contributed by atoms with van der Waals surface area (Å²) in [7, 11) is 0. The molecule has 0 aliphatic carbocycles. The number of fused-ring (bicyclic) bond motifs is 1. The predicted octanol–water partition coefficient (Wildman–Crippen LogP) is 4.45. The van der Waals surface area contributed by atoms with Crippen LogP contribution in [0.2, 0.25) is 5.02 Å². The van der Waals surface area contributed by atoms with Gasteiger partial charge in [-0.3, -0.25) is 4.79 Å². The lowest BCUT2D eigenvalue weighted by atomic mass is 9.89. The summed E-state index contributed by atoms with van der Waals surface area (Å²) in [4.78, 5) is 12.3. The minimum absolute atomic E-state index is 0.0411. The van der Waals surface area contributed by atoms with Crippen molar-refractivity contribution in [1.82, 2.24) is 5.32 Å². The van der Waals surface area contributed by atoms with E-state index in [2.05, 4.69) is 5.32 Å². The summed E-state index contributed by atoms with van der Waals surface area (Å²) in [6, 6.07) is 12.9. The minimum atomic E-state index is -0.338. The number of carbonyl (C=O) groups is 1. The Bertz CT molecular complexity index is 771. The zero-order valence-corrected chi connectivity index (χ0v) is 15.4. The molecule has 1 atom stereocenters. The summed E-state index contributed by atoms with van der Waals surface area (Å²) in [6.07, 6.45) is 0.704. The van der Waals surface area contributed by atoms with Gasteiger partial charge >= 0.3 is 0 Å². The first kappa shape index (κ1) is 17.6. The zero-order valence-electron chi connectivity index (χ0n) is 14.6. The number of benzene rings is 2. The second-order valence-electron chi connectivity index (χ2n) is 6.97. The number of hydrogen-bond donors (Lipinski definition) is 1. The summed E-state index contributed by atoms with van der Waals surface area (Å²) in [5.74, 6) is 1.28. The van der Waals surface area contributed by atoms with Gasteiger partial charge in [0.25, 0.3) is 5.91 Å². The van der Waals surface area contributed by atoms with Crippen LogP contribution in [0.1, 0.15) is 37.4 Å². The molecule has 1 N–H and O–H groups in total. The molecule has 0 aromatic heterocycles. The summed E-state index contributed by atoms with van der Waals surface area (Å²) >= 11 is 5.84. The molecule has 1 heterocycles. The van der Waals surface area contributed by atoms with Crippen LogP contribution in [-0.2, 0) is 4.79 Å². The summed E-state index contributed by atoms with van der Waals surface area (Å²) < 4.78 is 11.6. The average molecular weight is 360 g/mol. The minimum Gasteiger partial charge on any atom is -0.487 e. The third-order valence-corrected chi connectivity index (χ3v) is 4.40. The SMILES string of the molecule is Cc1ccc2c(c1)OC(C)(C)C[C@H]2NC(=O)COc1ccc(Cl)cc1. The standard InChI is InChI=1S/C20H22ClNO3/c1-13-4-9-16-17(11-20(2,3)25-18(16)10-13)22-19(23)12-24-15-7-5-14(21)6-8-15/h4-10,17H,11-12H2,1-3H3,(H,22,23)/t17-/m1/s1. The third-order valence-electron chi connectivity index (χ3n) is 4.15. The Kier molecular flexibility index (Phi) is 4.91. The molecular weight excluding hydrogens is 338 g/mol. The maximum Gasteiger partial charge on any atom is 0.258 e. The smallest absolute Gasteiger partial charge is 0.258 e. The van der Waals surface area contributed by atoms with E-state index in [1.54, 1.807) is 24.3 Å². The van der Waals surface area contributed by atoms with Crippen LogP contribution in [-0.4, -0.2) is 18.1 Å². The van der Waals surface area contributed by atoms with Crippen LogP contribution in [0.5, 0.6) is 11.5 Å². The highest BCUT2D eigenvalue weighted by Gasteiger charge is 2.34. The van der Waals surface area contributed by atoms with E-state index in [0.29, 0.717) is 17.2 Å². The predicted molar refractivity (Wildman–Crippen MR) is 98.3 cm³/mol. The van der Waals surface area contributed by atoms with Gasteiger partial charge in [0.15, 0.2) is 6.61 Å². The first-order valence-electron chi connectivity index (χ1n) is 8.30. The first-order chi connectivity index (χ1) is 11.8. The van der Waals surface area contributed by atoms with E-state index in [4.69, 9.17) is 21.1 Å². The lowest BCUT2D eigenvalue weighted by molar-refractivity contribution is -0.124. The van der Waals surface area contributed by atoms with Gasteiger partial charge in [0.1, 0.15) is 17.1 Å². The van der Waals surface area contributed by atoms with Crippen molar-refractivity contribution in [2.75, 3.05) is 6.61 Å². The highest BCUT2D eigenvalue weighted by molar-refractivity contribution is 6.30. The normalized spacial score (nSPS) is 18.0. The maximum absolute atomic E-state index is 12.3. The fraction of sp³-hybridized carbons (Fsp3) is 0.350. The van der Waals surface area contributed by atoms with Gasteiger partial charge in [-0.15, -0.1) is 0 Å². The van der Waals surface area contributed by atoms with Gasteiger partial charge in [-0.1, -0.05) is 23.7 Å². The second-order valence-corrected chi connectivity index (χ2v) is 7.41. The zero-order chi connectivity index (χ0) is 18.0. The summed E-state index contributed by atoms with van der Waals surface area (Å²) in [5, 5.41) is 3.69. The van der Waals surface area contributed by atoms with Crippen LogP contribution in [0, 0.1) is 6.92 Å². The van der Waals surface area contributed by atoms with Gasteiger partial charge in [0.05, 0.1) is 6.04 Å². The number of rotatable bonds is 4. The Labute approximate surface area is 153 Å². The average Bonchev–Trinajstić information content (AvgIpc) is 2.52. The Balaban J connectivity index is 1.67. The molecule has 0 fully saturated rings. The van der Waals surface area contributed by atoms with Crippen molar-refractivity contribution in [3.63, 3.8) is 0 Å². The van der Waals surface area contributed by atoms with E-state index < -0.39 is 0 Å². The van der Waals surface area contributed by atoms with E-state index in [0.717, 1.165) is 16.9 Å². The summed E-state index contributed by atoms with van der Waals surface area (Å²) in [5.41, 5.74) is 1.80. The quantitative estimate of drug-likeness (QED) is 0.877. The monoisotopic (exact) mass is 359 g/mol. The number of nitrogens with one attached hydrogen (secondary N) is 1. The van der Waals surface area contributed by atoms with Crippen molar-refractivity contribution in [1.29, 1.82) is 0 Å². The van der Waals surface area contributed by atoms with Crippen molar-refractivity contribution in [3.05, 3.63) is 58.6 Å². The van der Waals surface area contributed by atoms with E-state index in [1.165, 1.54) is 0 Å². The molecule has 1 amide bonds. The van der Waals surface area contributed by atoms with E-state index in [1.807, 2.05) is 39.0 Å². The number of hydrogen-bond acceptors (Lipinski definition) is 3. The molecule has 0 saturated carbocycles. The molecule has 25 heavy (non-hydrogen) atoms. The van der Waals surface area contributed by atoms with E-state index in [9.17, 15) is 4.79 Å². The maximum atomic E-state index is 12.3. The highest BCUT2D eigenvalue weighted by Crippen LogP contribution is 2.39. The number of halogens is 1. The molecule has 0 radical (unpaired) electrons. The topological polar surface area (TPSA) is 47.6 Å². The van der Waals surface area contributed by atoms with Gasteiger partial charge in [0, 0.05) is 17.0 Å². The Morgan fingerprint density at radius 1 is 1.28 bits per heavy atom. The number of carbonyl (C=O) groups excluding carboxylic acids is 1. The Morgan fingerprint density at radius 2 is 2.00 bits per heavy atom. The first-order valence-corrected chi connectivity index (χ1v) is 8.67. The molecule has 0 saturated heterocycles. The van der Waals surface area contributed by atoms with Gasteiger partial charge in [-0.2, -0.15) is 0 Å². The van der Waals surface area contributed by atoms with Crippen LogP contribution >= 0.6 is 11.6 Å². The van der Waals surface area contributed by atoms with Crippen molar-refractivity contribution < 1.29 is 14.3 Å². The molecule has 0 bridgehead atoms. The number of aryl methyl sites for hydroxylation is 1. The highest BCUT2D eigenvalue weighted by atomic mass is 35.5. The molecule has 1 aliphatic heterocycles. The van der Waals surface area contributed by atoms with Gasteiger partial charge < -0.3 is 14.8 Å². The lowest BCUT2D eigenvalue weighted by Crippen LogP contribution is -2.42. The van der Waals surface area contributed by atoms with Crippen LogP contribution in [0.25, 0.3) is 0 Å². The van der Waals surface area contributed by atoms with Crippen molar-refractivity contribution in [2.45, 2.75) is 38.8 Å². The largest absolute Gasteiger partial charge is 0.487 e. The van der Waals surface area contributed by atoms with Gasteiger partial charge in [0.2, 0.25) is 0 Å². The number of amides is 1. The molecule has 4 nitrogen and oxygen atoms in total. The van der Waals surface area contributed by atoms with Crippen LogP contribution in [0.15, 0.2) is 42.5 Å². The molecule has 2 aromatic carbocycles. The van der Waals surface area contributed by atoms with Crippen molar-refractivity contribution >= 4 is 17.5 Å². The van der Waals surface area contributed by atoms with Crippen LogP contribution in [0.4, 0.5) is 0 Å². The summed E-state index contributed by atoms with van der Waals surface area (Å²) in [6.45, 7) is 6.04. The fourth-order valence-corrected chi connectivity index (χ4v) is 3.13. The van der Waals surface area contributed by atoms with E-state index >= 15 is 0 Å². The van der Waals surface area contributed by atoms with E-state index in [-0.39, 0.29) is 24.2 Å². The molecule has 3 rings (SSSR count). The lowest BCUT2D eigenvalue weighted by Gasteiger charge is -2.38. The van der Waals surface area contributed by atoms with Crippen LogP contribution in [0.3, 0.4) is 0 Å². The molecular formula is C20H22ClNO3. The number of ether oxygens (including phenoxy) is 2. The molecule has 5 heteroatoms. The Hall–Kier alpha value is -2.20. The van der Waals surface area contributed by atoms with Gasteiger partial charge in [-0.25, -0.2) is 0 Å². The third kappa shape index (κ3) is 4.45.